The fourth-order valence-electron chi connectivity index (χ4n) is 4.36. The predicted molar refractivity (Wildman–Crippen MR) is 143 cm³/mol. The number of carbonyl (C=O) groups is 1. The van der Waals surface area contributed by atoms with Gasteiger partial charge in [-0.15, -0.1) is 0 Å². The van der Waals surface area contributed by atoms with Crippen molar-refractivity contribution in [2.75, 3.05) is 19.7 Å². The molecule has 0 aliphatic carbocycles. The number of piperidine rings is 1. The molecule has 1 aliphatic heterocycles. The lowest BCUT2D eigenvalue weighted by Crippen LogP contribution is -2.29. The zero-order valence-electron chi connectivity index (χ0n) is 21.7. The van der Waals surface area contributed by atoms with Gasteiger partial charge >= 0.3 is 0 Å². The van der Waals surface area contributed by atoms with E-state index in [1.807, 2.05) is 45.2 Å². The lowest BCUT2D eigenvalue weighted by atomic mass is 9.99. The summed E-state index contributed by atoms with van der Waals surface area (Å²) in [5.74, 6) is 0.437. The van der Waals surface area contributed by atoms with Crippen molar-refractivity contribution in [3.8, 4) is 16.9 Å². The Morgan fingerprint density at radius 1 is 1.06 bits per heavy atom. The van der Waals surface area contributed by atoms with E-state index in [2.05, 4.69) is 27.3 Å². The molecule has 1 saturated heterocycles. The summed E-state index contributed by atoms with van der Waals surface area (Å²) >= 11 is 0. The molecule has 5 nitrogen and oxygen atoms in total. The van der Waals surface area contributed by atoms with Crippen LogP contribution in [0.3, 0.4) is 0 Å². The number of rotatable bonds is 9. The van der Waals surface area contributed by atoms with Crippen molar-refractivity contribution in [3.05, 3.63) is 83.4 Å². The quantitative estimate of drug-likeness (QED) is 0.390. The zero-order valence-corrected chi connectivity index (χ0v) is 21.7. The van der Waals surface area contributed by atoms with Gasteiger partial charge in [0.05, 0.1) is 13.0 Å². The molecule has 6 heteroatoms. The van der Waals surface area contributed by atoms with Crippen molar-refractivity contribution in [2.24, 2.45) is 0 Å². The molecule has 1 amide bonds. The maximum Gasteiger partial charge on any atom is 0.226 e. The van der Waals surface area contributed by atoms with Gasteiger partial charge in [-0.3, -0.25) is 14.7 Å². The van der Waals surface area contributed by atoms with Gasteiger partial charge in [-0.2, -0.15) is 0 Å². The normalized spacial score (nSPS) is 13.4. The highest BCUT2D eigenvalue weighted by Gasteiger charge is 2.15. The van der Waals surface area contributed by atoms with E-state index < -0.39 is 0 Å². The van der Waals surface area contributed by atoms with Gasteiger partial charge in [-0.05, 0) is 79.9 Å². The van der Waals surface area contributed by atoms with Gasteiger partial charge < -0.3 is 10.1 Å². The fourth-order valence-corrected chi connectivity index (χ4v) is 4.36. The predicted octanol–water partition coefficient (Wildman–Crippen LogP) is 6.16. The summed E-state index contributed by atoms with van der Waals surface area (Å²) in [7, 11) is 0. The molecule has 1 aromatic heterocycles. The Balaban J connectivity index is 0.00000176. The summed E-state index contributed by atoms with van der Waals surface area (Å²) in [4.78, 5) is 19.4. The van der Waals surface area contributed by atoms with Crippen LogP contribution in [0.2, 0.25) is 0 Å². The highest BCUT2D eigenvalue weighted by atomic mass is 19.1. The van der Waals surface area contributed by atoms with Crippen molar-refractivity contribution >= 4 is 5.91 Å². The van der Waals surface area contributed by atoms with Crippen LogP contribution in [0.5, 0.6) is 5.75 Å². The van der Waals surface area contributed by atoms with E-state index in [9.17, 15) is 9.18 Å². The maximum atomic E-state index is 13.3. The van der Waals surface area contributed by atoms with Gasteiger partial charge in [-0.25, -0.2) is 4.39 Å². The van der Waals surface area contributed by atoms with Gasteiger partial charge in [0.15, 0.2) is 0 Å². The van der Waals surface area contributed by atoms with Crippen molar-refractivity contribution < 1.29 is 13.9 Å². The smallest absolute Gasteiger partial charge is 0.226 e. The first-order valence-electron chi connectivity index (χ1n) is 13.1. The first-order valence-corrected chi connectivity index (χ1v) is 13.1. The number of nitrogens with zero attached hydrogens (tertiary/aromatic N) is 2. The highest BCUT2D eigenvalue weighted by molar-refractivity contribution is 5.78. The van der Waals surface area contributed by atoms with E-state index in [-0.39, 0.29) is 18.1 Å². The Hall–Kier alpha value is -3.25. The molecule has 192 valence electrons. The lowest BCUT2D eigenvalue weighted by molar-refractivity contribution is -0.120. The molecule has 4 rings (SSSR count). The Bertz CT molecular complexity index is 1100. The SMILES string of the molecule is CC.CCOc1ccc(-c2ccc(CC(=O)NCc3cccc(F)c3)nc2)c(CN2CCCCC2)c1. The number of amides is 1. The van der Waals surface area contributed by atoms with Crippen LogP contribution in [0, 0.1) is 5.82 Å². The molecule has 0 bridgehead atoms. The third-order valence-corrected chi connectivity index (χ3v) is 6.09. The minimum atomic E-state index is -0.307. The van der Waals surface area contributed by atoms with E-state index in [0.717, 1.165) is 42.1 Å². The summed E-state index contributed by atoms with van der Waals surface area (Å²) in [6.07, 6.45) is 5.82. The molecular formula is C30H38FN3O2. The molecule has 1 N–H and O–H groups in total. The van der Waals surface area contributed by atoms with Gasteiger partial charge in [-0.1, -0.05) is 44.5 Å². The molecule has 0 unspecified atom stereocenters. The first kappa shape index (κ1) is 27.3. The molecule has 1 aliphatic rings. The van der Waals surface area contributed by atoms with E-state index in [1.165, 1.54) is 37.0 Å². The second-order valence-corrected chi connectivity index (χ2v) is 8.71. The Morgan fingerprint density at radius 2 is 1.86 bits per heavy atom. The number of pyridine rings is 1. The summed E-state index contributed by atoms with van der Waals surface area (Å²) in [6, 6.07) is 16.4. The number of hydrogen-bond donors (Lipinski definition) is 1. The van der Waals surface area contributed by atoms with Gasteiger partial charge in [0.1, 0.15) is 11.6 Å². The van der Waals surface area contributed by atoms with Crippen LogP contribution in [0.1, 0.15) is 56.9 Å². The van der Waals surface area contributed by atoms with Gasteiger partial charge in [0, 0.05) is 30.5 Å². The van der Waals surface area contributed by atoms with E-state index in [0.29, 0.717) is 18.8 Å². The zero-order chi connectivity index (χ0) is 25.8. The van der Waals surface area contributed by atoms with Crippen LogP contribution in [0.4, 0.5) is 4.39 Å². The van der Waals surface area contributed by atoms with Crippen molar-refractivity contribution in [2.45, 2.75) is 59.5 Å². The van der Waals surface area contributed by atoms with Gasteiger partial charge in [0.2, 0.25) is 5.91 Å². The fraction of sp³-hybridized carbons (Fsp3) is 0.400. The standard InChI is InChI=1S/C28H32FN3O2.C2H6/c1-2-34-26-11-12-27(23(16-26)20-32-13-4-3-5-14-32)22-9-10-25(30-19-22)17-28(33)31-18-21-7-6-8-24(29)15-21;1-2/h6-12,15-16,19H,2-5,13-14,17-18,20H2,1H3,(H,31,33);1-2H3. The minimum Gasteiger partial charge on any atom is -0.494 e. The van der Waals surface area contributed by atoms with E-state index in [4.69, 9.17) is 4.74 Å². The van der Waals surface area contributed by atoms with Crippen LogP contribution in [-0.2, 0) is 24.3 Å². The monoisotopic (exact) mass is 491 g/mol. The number of hydrogen-bond acceptors (Lipinski definition) is 4. The molecule has 0 spiro atoms. The number of likely N-dealkylation sites (tertiary alicyclic amines) is 1. The Kier molecular flexibility index (Phi) is 10.9. The van der Waals surface area contributed by atoms with E-state index in [1.54, 1.807) is 12.1 Å². The van der Waals surface area contributed by atoms with Gasteiger partial charge in [0.25, 0.3) is 0 Å². The van der Waals surface area contributed by atoms with Crippen LogP contribution in [0.25, 0.3) is 11.1 Å². The summed E-state index contributed by atoms with van der Waals surface area (Å²) in [5.41, 5.74) is 4.83. The minimum absolute atomic E-state index is 0.142. The molecule has 2 heterocycles. The molecule has 0 atom stereocenters. The van der Waals surface area contributed by atoms with Crippen molar-refractivity contribution in [1.82, 2.24) is 15.2 Å². The summed E-state index contributed by atoms with van der Waals surface area (Å²) in [5, 5.41) is 2.83. The lowest BCUT2D eigenvalue weighted by Gasteiger charge is -2.27. The molecule has 3 aromatic rings. The second kappa shape index (κ2) is 14.3. The summed E-state index contributed by atoms with van der Waals surface area (Å²) in [6.45, 7) is 10.1. The number of carbonyl (C=O) groups excluding carboxylic acids is 1. The third-order valence-electron chi connectivity index (χ3n) is 6.09. The topological polar surface area (TPSA) is 54.5 Å². The largest absolute Gasteiger partial charge is 0.494 e. The highest BCUT2D eigenvalue weighted by Crippen LogP contribution is 2.29. The number of benzene rings is 2. The molecule has 0 saturated carbocycles. The molecule has 2 aromatic carbocycles. The van der Waals surface area contributed by atoms with Crippen molar-refractivity contribution in [3.63, 3.8) is 0 Å². The molecule has 0 radical (unpaired) electrons. The maximum absolute atomic E-state index is 13.3. The Labute approximate surface area is 214 Å². The van der Waals surface area contributed by atoms with Crippen LogP contribution in [-0.4, -0.2) is 35.5 Å². The number of nitrogens with one attached hydrogen (secondary N) is 1. The molecular weight excluding hydrogens is 453 g/mol. The third kappa shape index (κ3) is 8.16. The number of aromatic nitrogens is 1. The Morgan fingerprint density at radius 3 is 2.56 bits per heavy atom. The van der Waals surface area contributed by atoms with E-state index >= 15 is 0 Å². The second-order valence-electron chi connectivity index (χ2n) is 8.71. The van der Waals surface area contributed by atoms with Crippen LogP contribution < -0.4 is 10.1 Å². The average molecular weight is 492 g/mol. The summed E-state index contributed by atoms with van der Waals surface area (Å²) < 4.78 is 19.1. The average Bonchev–Trinajstić information content (AvgIpc) is 2.90. The van der Waals surface area contributed by atoms with Crippen LogP contribution >= 0.6 is 0 Å². The molecule has 36 heavy (non-hydrogen) atoms. The number of ether oxygens (including phenoxy) is 1. The first-order chi connectivity index (χ1) is 17.6. The van der Waals surface area contributed by atoms with Crippen molar-refractivity contribution in [1.29, 1.82) is 0 Å². The number of halogens is 1. The molecule has 1 fully saturated rings. The van der Waals surface area contributed by atoms with Crippen LogP contribution in [0.15, 0.2) is 60.8 Å².